The van der Waals surface area contributed by atoms with Gasteiger partial charge in [0, 0.05) is 18.9 Å². The fourth-order valence-electron chi connectivity index (χ4n) is 2.56. The van der Waals surface area contributed by atoms with Gasteiger partial charge in [-0.25, -0.2) is 31.9 Å². The van der Waals surface area contributed by atoms with Gasteiger partial charge in [-0.1, -0.05) is 13.8 Å². The number of aromatic nitrogens is 2. The Labute approximate surface area is 122 Å². The van der Waals surface area contributed by atoms with Crippen molar-refractivity contribution in [3.05, 3.63) is 12.4 Å². The van der Waals surface area contributed by atoms with E-state index in [1.165, 1.54) is 0 Å². The average molecular weight is 320 g/mol. The molecule has 0 bridgehead atoms. The van der Waals surface area contributed by atoms with E-state index in [1.807, 2.05) is 0 Å². The van der Waals surface area contributed by atoms with Crippen molar-refractivity contribution in [3.63, 3.8) is 0 Å². The zero-order chi connectivity index (χ0) is 15.9. The van der Waals surface area contributed by atoms with Crippen LogP contribution in [0.4, 0.5) is 14.7 Å². The van der Waals surface area contributed by atoms with Crippen LogP contribution in [0.2, 0.25) is 0 Å². The molecule has 1 heterocycles. The Hall–Kier alpha value is -1.35. The number of hydrogen-bond donors (Lipinski definition) is 2. The molecule has 1 aromatic heterocycles. The highest BCUT2D eigenvalue weighted by Crippen LogP contribution is 2.44. The highest BCUT2D eigenvalue weighted by Gasteiger charge is 2.47. The molecule has 118 valence electrons. The number of rotatable bonds is 3. The van der Waals surface area contributed by atoms with Gasteiger partial charge in [0.25, 0.3) is 0 Å². The van der Waals surface area contributed by atoms with Gasteiger partial charge in [-0.2, -0.15) is 0 Å². The average Bonchev–Trinajstić information content (AvgIpc) is 2.32. The van der Waals surface area contributed by atoms with Gasteiger partial charge in [-0.3, -0.25) is 0 Å². The first kappa shape index (κ1) is 16.0. The lowest BCUT2D eigenvalue weighted by atomic mass is 9.72. The Morgan fingerprint density at radius 2 is 1.90 bits per heavy atom. The second kappa shape index (κ2) is 5.13. The number of sulfonamides is 1. The maximum atomic E-state index is 13.5. The van der Waals surface area contributed by atoms with E-state index in [0.29, 0.717) is 0 Å². The number of nitrogens with zero attached hydrogens (tertiary/aromatic N) is 2. The van der Waals surface area contributed by atoms with Crippen molar-refractivity contribution in [1.82, 2.24) is 14.7 Å². The molecule has 0 spiro atoms. The van der Waals surface area contributed by atoms with Gasteiger partial charge < -0.3 is 5.73 Å². The molecule has 2 rings (SSSR count). The van der Waals surface area contributed by atoms with Crippen molar-refractivity contribution >= 4 is 16.0 Å². The molecule has 1 aliphatic carbocycles. The lowest BCUT2D eigenvalue weighted by molar-refractivity contribution is -0.0821. The first-order chi connectivity index (χ1) is 9.52. The minimum Gasteiger partial charge on any atom is -0.368 e. The smallest absolute Gasteiger partial charge is 0.248 e. The van der Waals surface area contributed by atoms with E-state index in [1.54, 1.807) is 13.8 Å². The quantitative estimate of drug-likeness (QED) is 0.880. The molecule has 21 heavy (non-hydrogen) atoms. The molecule has 0 aromatic carbocycles. The summed E-state index contributed by atoms with van der Waals surface area (Å²) in [6.07, 6.45) is 1.58. The van der Waals surface area contributed by atoms with Gasteiger partial charge in [-0.15, -0.1) is 0 Å². The van der Waals surface area contributed by atoms with Crippen molar-refractivity contribution in [2.45, 2.75) is 50.0 Å². The van der Waals surface area contributed by atoms with Crippen molar-refractivity contribution in [1.29, 1.82) is 0 Å². The first-order valence-electron chi connectivity index (χ1n) is 6.50. The Kier molecular flexibility index (Phi) is 3.92. The molecule has 1 aliphatic rings. The summed E-state index contributed by atoms with van der Waals surface area (Å²) in [6.45, 7) is 3.26. The van der Waals surface area contributed by atoms with Crippen LogP contribution in [0.25, 0.3) is 0 Å². The van der Waals surface area contributed by atoms with E-state index < -0.39 is 27.4 Å². The van der Waals surface area contributed by atoms with Gasteiger partial charge in [-0.05, 0) is 11.8 Å². The number of nitrogens with one attached hydrogen (secondary N) is 1. The Bertz CT molecular complexity index is 617. The van der Waals surface area contributed by atoms with Gasteiger partial charge in [0.05, 0.1) is 12.4 Å². The maximum Gasteiger partial charge on any atom is 0.248 e. The summed E-state index contributed by atoms with van der Waals surface area (Å²) in [5, 5.41) is 0. The van der Waals surface area contributed by atoms with Crippen LogP contribution in [0, 0.1) is 5.41 Å². The molecule has 1 atom stereocenters. The van der Waals surface area contributed by atoms with Gasteiger partial charge >= 0.3 is 0 Å². The number of nitrogens with two attached hydrogens (primary N) is 1. The minimum atomic E-state index is -3.86. The largest absolute Gasteiger partial charge is 0.368 e. The summed E-state index contributed by atoms with van der Waals surface area (Å²) < 4.78 is 53.9. The van der Waals surface area contributed by atoms with E-state index in [4.69, 9.17) is 5.73 Å². The highest BCUT2D eigenvalue weighted by atomic mass is 32.2. The topological polar surface area (TPSA) is 98.0 Å². The third-order valence-corrected chi connectivity index (χ3v) is 5.14. The number of alkyl halides is 2. The van der Waals surface area contributed by atoms with E-state index in [0.717, 1.165) is 12.4 Å². The summed E-state index contributed by atoms with van der Waals surface area (Å²) in [7, 11) is -3.86. The van der Waals surface area contributed by atoms with Gasteiger partial charge in [0.1, 0.15) is 4.90 Å². The third kappa shape index (κ3) is 3.65. The van der Waals surface area contributed by atoms with Crippen molar-refractivity contribution < 1.29 is 17.2 Å². The second-order valence-corrected chi connectivity index (χ2v) is 7.72. The van der Waals surface area contributed by atoms with Crippen LogP contribution < -0.4 is 10.5 Å². The minimum absolute atomic E-state index is 0.0356. The van der Waals surface area contributed by atoms with E-state index >= 15 is 0 Å². The molecular weight excluding hydrogens is 302 g/mol. The van der Waals surface area contributed by atoms with Crippen molar-refractivity contribution in [3.8, 4) is 0 Å². The number of nitrogen functional groups attached to an aromatic ring is 1. The summed E-state index contributed by atoms with van der Waals surface area (Å²) >= 11 is 0. The Morgan fingerprint density at radius 1 is 1.33 bits per heavy atom. The molecule has 0 aliphatic heterocycles. The van der Waals surface area contributed by atoms with Crippen LogP contribution >= 0.6 is 0 Å². The molecule has 9 heteroatoms. The Balaban J connectivity index is 2.19. The van der Waals surface area contributed by atoms with Gasteiger partial charge in [0.2, 0.25) is 21.9 Å². The molecule has 0 radical (unpaired) electrons. The summed E-state index contributed by atoms with van der Waals surface area (Å²) in [6, 6.07) is -0.570. The predicted octanol–water partition coefficient (Wildman–Crippen LogP) is 1.55. The number of hydrogen-bond acceptors (Lipinski definition) is 5. The highest BCUT2D eigenvalue weighted by molar-refractivity contribution is 7.89. The maximum absolute atomic E-state index is 13.5. The Morgan fingerprint density at radius 3 is 2.43 bits per heavy atom. The fraction of sp³-hybridized carbons (Fsp3) is 0.667. The SMILES string of the molecule is CC1(C)CC(F)(F)CCC1NS(=O)(=O)c1cnc(N)nc1. The molecule has 1 unspecified atom stereocenters. The van der Waals surface area contributed by atoms with Crippen LogP contribution in [0.15, 0.2) is 17.3 Å². The lowest BCUT2D eigenvalue weighted by Gasteiger charge is -2.42. The molecule has 6 nitrogen and oxygen atoms in total. The molecule has 1 aromatic rings. The number of anilines is 1. The first-order valence-corrected chi connectivity index (χ1v) is 7.98. The standard InChI is InChI=1S/C12H18F2N4O2S/c1-11(2)7-12(13,14)4-3-9(11)18-21(19,20)8-5-16-10(15)17-6-8/h5-6,9,18H,3-4,7H2,1-2H3,(H2,15,16,17). The molecule has 1 saturated carbocycles. The lowest BCUT2D eigenvalue weighted by Crippen LogP contribution is -2.51. The summed E-state index contributed by atoms with van der Waals surface area (Å²) in [5.41, 5.74) is 4.46. The van der Waals surface area contributed by atoms with E-state index in [9.17, 15) is 17.2 Å². The summed E-state index contributed by atoms with van der Waals surface area (Å²) in [5.74, 6) is -2.79. The zero-order valence-corrected chi connectivity index (χ0v) is 12.6. The van der Waals surface area contributed by atoms with Crippen LogP contribution in [0.1, 0.15) is 33.1 Å². The van der Waals surface area contributed by atoms with Crippen LogP contribution in [-0.2, 0) is 10.0 Å². The van der Waals surface area contributed by atoms with Crippen molar-refractivity contribution in [2.24, 2.45) is 5.41 Å². The monoisotopic (exact) mass is 320 g/mol. The fourth-order valence-corrected chi connectivity index (χ4v) is 3.89. The van der Waals surface area contributed by atoms with Crippen LogP contribution in [0.3, 0.4) is 0 Å². The predicted molar refractivity (Wildman–Crippen MR) is 73.1 cm³/mol. The van der Waals surface area contributed by atoms with E-state index in [2.05, 4.69) is 14.7 Å². The second-order valence-electron chi connectivity index (χ2n) is 6.01. The van der Waals surface area contributed by atoms with Crippen molar-refractivity contribution in [2.75, 3.05) is 5.73 Å². The molecule has 0 amide bonds. The van der Waals surface area contributed by atoms with Gasteiger partial charge in [0.15, 0.2) is 0 Å². The molecule has 0 saturated heterocycles. The molecular formula is C12H18F2N4O2S. The molecule has 1 fully saturated rings. The normalized spacial score (nSPS) is 24.7. The van der Waals surface area contributed by atoms with Crippen LogP contribution in [0.5, 0.6) is 0 Å². The third-order valence-electron chi connectivity index (χ3n) is 3.71. The summed E-state index contributed by atoms with van der Waals surface area (Å²) in [4.78, 5) is 7.12. The zero-order valence-electron chi connectivity index (χ0n) is 11.8. The van der Waals surface area contributed by atoms with Crippen LogP contribution in [-0.4, -0.2) is 30.4 Å². The molecule has 3 N–H and O–H groups in total. The van der Waals surface area contributed by atoms with E-state index in [-0.39, 0.29) is 30.1 Å². The number of halogens is 2.